The van der Waals surface area contributed by atoms with Gasteiger partial charge in [-0.05, 0) is 164 Å². The average molecular weight is 932 g/mol. The first-order valence-corrected chi connectivity index (χ1v) is 26.7. The Labute approximate surface area is 426 Å². The van der Waals surface area contributed by atoms with Crippen molar-refractivity contribution in [3.05, 3.63) is 173 Å². The molecule has 0 amide bonds. The van der Waals surface area contributed by atoms with E-state index in [0.717, 1.165) is 19.3 Å². The van der Waals surface area contributed by atoms with Crippen LogP contribution in [0.3, 0.4) is 0 Å². The maximum absolute atomic E-state index is 2.83. The molecule has 2 unspecified atom stereocenters. The van der Waals surface area contributed by atoms with Gasteiger partial charge in [0.2, 0.25) is 0 Å². The lowest BCUT2D eigenvalue weighted by Crippen LogP contribution is -2.62. The summed E-state index contributed by atoms with van der Waals surface area (Å²) >= 11 is 0. The third kappa shape index (κ3) is 6.74. The topological polar surface area (TPSA) is 9.72 Å². The molecule has 7 aromatic rings. The Bertz CT molecular complexity index is 3310. The van der Waals surface area contributed by atoms with Gasteiger partial charge in [-0.25, -0.2) is 0 Å². The van der Waals surface area contributed by atoms with E-state index in [-0.39, 0.29) is 44.7 Å². The van der Waals surface area contributed by atoms with Gasteiger partial charge in [-0.15, -0.1) is 0 Å². The summed E-state index contributed by atoms with van der Waals surface area (Å²) in [5.74, 6) is 0. The van der Waals surface area contributed by atoms with Crippen molar-refractivity contribution in [2.24, 2.45) is 5.41 Å². The molecule has 0 radical (unpaired) electrons. The van der Waals surface area contributed by atoms with E-state index in [0.29, 0.717) is 0 Å². The summed E-state index contributed by atoms with van der Waals surface area (Å²) in [4.78, 5) is 8.16. The van der Waals surface area contributed by atoms with E-state index in [9.17, 15) is 0 Å². The Kier molecular flexibility index (Phi) is 9.76. The van der Waals surface area contributed by atoms with Crippen LogP contribution in [0.15, 0.2) is 146 Å². The van der Waals surface area contributed by atoms with E-state index in [1.165, 1.54) is 107 Å². The summed E-state index contributed by atoms with van der Waals surface area (Å²) < 4.78 is 0. The van der Waals surface area contributed by atoms with Crippen molar-refractivity contribution in [3.63, 3.8) is 0 Å². The fourth-order valence-electron chi connectivity index (χ4n) is 14.7. The highest BCUT2D eigenvalue weighted by Gasteiger charge is 2.64. The average Bonchev–Trinajstić information content (AvgIpc) is 3.63. The first kappa shape index (κ1) is 46.1. The zero-order chi connectivity index (χ0) is 50.0. The minimum Gasteiger partial charge on any atom is -0.334 e. The maximum Gasteiger partial charge on any atom is 0.252 e. The summed E-state index contributed by atoms with van der Waals surface area (Å²) in [6.07, 6.45) is 4.54. The van der Waals surface area contributed by atoms with Gasteiger partial charge in [-0.1, -0.05) is 181 Å². The lowest BCUT2D eigenvalue weighted by Gasteiger charge is -2.48. The molecule has 0 saturated heterocycles. The number of hydrogen-bond donors (Lipinski definition) is 0. The molecule has 2 atom stereocenters. The highest BCUT2D eigenvalue weighted by Crippen LogP contribution is 2.67. The first-order valence-electron chi connectivity index (χ1n) is 26.7. The second-order valence-electron chi connectivity index (χ2n) is 26.9. The van der Waals surface area contributed by atoms with E-state index < -0.39 is 0 Å². The molecule has 1 fully saturated rings. The van der Waals surface area contributed by atoms with Gasteiger partial charge in [0.05, 0.1) is 11.2 Å². The molecule has 7 aromatic carbocycles. The number of benzene rings is 7. The van der Waals surface area contributed by atoms with E-state index in [2.05, 4.69) is 257 Å². The third-order valence-corrected chi connectivity index (χ3v) is 18.4. The molecule has 1 saturated carbocycles. The number of para-hydroxylation sites is 2. The van der Waals surface area contributed by atoms with Crippen molar-refractivity contribution in [3.8, 4) is 11.1 Å². The van der Waals surface area contributed by atoms with E-state index in [1.807, 2.05) is 0 Å². The van der Waals surface area contributed by atoms with Crippen LogP contribution in [0, 0.1) is 5.41 Å². The number of fused-ring (bicyclic) bond motifs is 8. The van der Waals surface area contributed by atoms with Gasteiger partial charge < -0.3 is 14.7 Å². The van der Waals surface area contributed by atoms with Crippen LogP contribution in [-0.4, -0.2) is 12.3 Å². The quantitative estimate of drug-likeness (QED) is 0.163. The first-order chi connectivity index (χ1) is 33.4. The largest absolute Gasteiger partial charge is 0.334 e. The van der Waals surface area contributed by atoms with Gasteiger partial charge in [0, 0.05) is 50.8 Å². The van der Waals surface area contributed by atoms with Crippen LogP contribution in [0.25, 0.3) is 11.1 Å². The molecule has 0 bridgehead atoms. The van der Waals surface area contributed by atoms with Crippen molar-refractivity contribution in [2.75, 3.05) is 14.7 Å². The fourth-order valence-corrected chi connectivity index (χ4v) is 14.7. The van der Waals surface area contributed by atoms with Crippen LogP contribution in [0.2, 0.25) is 0 Å². The monoisotopic (exact) mass is 932 g/mol. The van der Waals surface area contributed by atoms with Crippen molar-refractivity contribution >= 4 is 68.6 Å². The zero-order valence-electron chi connectivity index (χ0n) is 45.1. The summed E-state index contributed by atoms with van der Waals surface area (Å²) in [5, 5.41) is 0. The molecule has 360 valence electrons. The predicted octanol–water partition coefficient (Wildman–Crippen LogP) is 16.4. The normalized spacial score (nSPS) is 22.1. The molecule has 12 rings (SSSR count). The highest BCUT2D eigenvalue weighted by atomic mass is 15.3. The smallest absolute Gasteiger partial charge is 0.252 e. The molecule has 2 aliphatic carbocycles. The van der Waals surface area contributed by atoms with Gasteiger partial charge in [0.25, 0.3) is 6.71 Å². The Morgan fingerprint density at radius 3 is 1.65 bits per heavy atom. The number of hydrogen-bond acceptors (Lipinski definition) is 3. The lowest BCUT2D eigenvalue weighted by molar-refractivity contribution is 0.330. The van der Waals surface area contributed by atoms with Crippen LogP contribution >= 0.6 is 0 Å². The number of rotatable bonds is 4. The summed E-state index contributed by atoms with van der Waals surface area (Å²) in [6.45, 7) is 34.3. The van der Waals surface area contributed by atoms with Crippen molar-refractivity contribution in [1.82, 2.24) is 0 Å². The van der Waals surface area contributed by atoms with E-state index in [1.54, 1.807) is 0 Å². The summed E-state index contributed by atoms with van der Waals surface area (Å²) in [7, 11) is 0. The van der Waals surface area contributed by atoms with E-state index >= 15 is 0 Å². The standard InChI is InChI=1S/C67H74BN3/c1-61(2,3)44-29-31-54(48(35-44)43-23-17-15-18-24-43)70-57-40-50-49(64(9,10)33-34-65(50,11)12)39-53(57)68-52-27-21-22-28-56(52)69(46-25-19-16-20-26-46)58-37-47(38-59(70)60(58)68)71-55-32-30-45(62(4,5)6)36-51(55)66(13)41-63(7,8)42-67(66,71)14/h15-32,35-40H,33-34,41-42H2,1-14H3. The highest BCUT2D eigenvalue weighted by molar-refractivity contribution is 7.00. The Hall–Kier alpha value is -6.00. The van der Waals surface area contributed by atoms with Gasteiger partial charge in [0.1, 0.15) is 0 Å². The predicted molar refractivity (Wildman–Crippen MR) is 306 cm³/mol. The summed E-state index contributed by atoms with van der Waals surface area (Å²) in [5.41, 5.74) is 23.9. The van der Waals surface area contributed by atoms with Crippen LogP contribution in [-0.2, 0) is 27.1 Å². The molecule has 4 heteroatoms. The second kappa shape index (κ2) is 15.0. The van der Waals surface area contributed by atoms with E-state index in [4.69, 9.17) is 0 Å². The molecular weight excluding hydrogens is 858 g/mol. The minimum absolute atomic E-state index is 0.0168. The third-order valence-electron chi connectivity index (χ3n) is 18.4. The van der Waals surface area contributed by atoms with Crippen LogP contribution < -0.4 is 31.1 Å². The molecule has 5 aliphatic rings. The minimum atomic E-state index is -0.185. The number of nitrogens with zero attached hydrogens (tertiary/aromatic N) is 3. The van der Waals surface area contributed by atoms with Crippen LogP contribution in [0.4, 0.5) is 45.5 Å². The van der Waals surface area contributed by atoms with Crippen molar-refractivity contribution < 1.29 is 0 Å². The van der Waals surface area contributed by atoms with Crippen LogP contribution in [0.1, 0.15) is 150 Å². The maximum atomic E-state index is 2.83. The fraction of sp³-hybridized carbons (Fsp3) is 0.373. The van der Waals surface area contributed by atoms with Gasteiger partial charge in [-0.2, -0.15) is 0 Å². The van der Waals surface area contributed by atoms with Crippen molar-refractivity contribution in [2.45, 2.75) is 155 Å². The summed E-state index contributed by atoms with van der Waals surface area (Å²) in [6, 6.07) is 57.2. The SMILES string of the molecule is CC1(C)CC2(C)c3cc(C(C)(C)C)ccc3N(c3cc4c5c(c3)N(c3ccc(C(C)(C)C)cc3-c3ccccc3)c3cc6c(cc3B5c3ccccc3N4c3ccccc3)C(C)(C)CCC6(C)C)C2(C)C1. The van der Waals surface area contributed by atoms with Crippen molar-refractivity contribution in [1.29, 1.82) is 0 Å². The van der Waals surface area contributed by atoms with Gasteiger partial charge in [0.15, 0.2) is 0 Å². The van der Waals surface area contributed by atoms with Crippen LogP contribution in [0.5, 0.6) is 0 Å². The Morgan fingerprint density at radius 1 is 0.437 bits per heavy atom. The van der Waals surface area contributed by atoms with Gasteiger partial charge in [-0.3, -0.25) is 0 Å². The molecule has 3 nitrogen and oxygen atoms in total. The molecule has 71 heavy (non-hydrogen) atoms. The number of anilines is 8. The Balaban J connectivity index is 1.24. The lowest BCUT2D eigenvalue weighted by atomic mass is 9.33. The molecule has 3 heterocycles. The Morgan fingerprint density at radius 2 is 1.00 bits per heavy atom. The molecule has 3 aliphatic heterocycles. The van der Waals surface area contributed by atoms with Gasteiger partial charge >= 0.3 is 0 Å². The second-order valence-corrected chi connectivity index (χ2v) is 26.9. The molecule has 0 N–H and O–H groups in total. The molecule has 0 spiro atoms. The molecule has 0 aromatic heterocycles. The zero-order valence-corrected chi connectivity index (χ0v) is 45.1. The molecular formula is C67H74BN3.